The van der Waals surface area contributed by atoms with Crippen LogP contribution >= 0.6 is 0 Å². The van der Waals surface area contributed by atoms with Gasteiger partial charge in [0.15, 0.2) is 0 Å². The molecule has 3 heteroatoms. The Kier molecular flexibility index (Phi) is 3.62. The quantitative estimate of drug-likeness (QED) is 0.888. The molecule has 0 amide bonds. The highest BCUT2D eigenvalue weighted by Gasteiger charge is 2.25. The molecule has 1 aromatic heterocycles. The van der Waals surface area contributed by atoms with Crippen molar-refractivity contribution in [2.75, 3.05) is 5.43 Å². The van der Waals surface area contributed by atoms with Crippen molar-refractivity contribution in [3.05, 3.63) is 35.9 Å². The van der Waals surface area contributed by atoms with E-state index in [1.807, 2.05) is 6.07 Å². The fourth-order valence-electron chi connectivity index (χ4n) is 3.10. The standard InChI is InChI=1S/C17H23N3/c1-12-11-15-9-4-5-10-16(15)18-17(12)19-20-13(2)7-6-8-14(20)3/h4-5,9-11,13-14H,6-8H2,1-3H3,(H,18,19). The van der Waals surface area contributed by atoms with E-state index >= 15 is 0 Å². The van der Waals surface area contributed by atoms with E-state index in [2.05, 4.69) is 55.5 Å². The summed E-state index contributed by atoms with van der Waals surface area (Å²) < 4.78 is 0. The Bertz CT molecular complexity index is 598. The molecule has 1 fully saturated rings. The van der Waals surface area contributed by atoms with Gasteiger partial charge in [-0.05, 0) is 51.3 Å². The first kappa shape index (κ1) is 13.4. The third-order valence-corrected chi connectivity index (χ3v) is 4.34. The summed E-state index contributed by atoms with van der Waals surface area (Å²) in [6.45, 7) is 6.71. The normalized spacial score (nSPS) is 23.9. The van der Waals surface area contributed by atoms with E-state index in [-0.39, 0.29) is 0 Å². The van der Waals surface area contributed by atoms with E-state index in [4.69, 9.17) is 4.98 Å². The van der Waals surface area contributed by atoms with Gasteiger partial charge in [-0.2, -0.15) is 0 Å². The van der Waals surface area contributed by atoms with Gasteiger partial charge in [0.2, 0.25) is 0 Å². The van der Waals surface area contributed by atoms with Crippen LogP contribution in [-0.4, -0.2) is 22.1 Å². The largest absolute Gasteiger partial charge is 0.302 e. The topological polar surface area (TPSA) is 28.2 Å². The highest BCUT2D eigenvalue weighted by atomic mass is 15.5. The fraction of sp³-hybridized carbons (Fsp3) is 0.471. The number of aromatic nitrogens is 1. The van der Waals surface area contributed by atoms with Gasteiger partial charge in [-0.1, -0.05) is 24.6 Å². The van der Waals surface area contributed by atoms with Crippen molar-refractivity contribution in [3.63, 3.8) is 0 Å². The second-order valence-electron chi connectivity index (χ2n) is 5.99. The first-order valence-corrected chi connectivity index (χ1v) is 7.56. The molecular formula is C17H23N3. The SMILES string of the molecule is Cc1cc2ccccc2nc1NN1C(C)CCCC1C. The summed E-state index contributed by atoms with van der Waals surface area (Å²) in [5.41, 5.74) is 5.82. The summed E-state index contributed by atoms with van der Waals surface area (Å²) >= 11 is 0. The number of anilines is 1. The molecule has 2 aromatic rings. The van der Waals surface area contributed by atoms with Crippen LogP contribution in [0.1, 0.15) is 38.7 Å². The lowest BCUT2D eigenvalue weighted by atomic mass is 10.00. The number of hydrazine groups is 1. The minimum atomic E-state index is 0.562. The van der Waals surface area contributed by atoms with E-state index in [0.29, 0.717) is 12.1 Å². The molecule has 1 aliphatic heterocycles. The van der Waals surface area contributed by atoms with Crippen molar-refractivity contribution < 1.29 is 0 Å². The minimum absolute atomic E-state index is 0.562. The first-order valence-electron chi connectivity index (χ1n) is 7.56. The maximum atomic E-state index is 4.78. The molecule has 1 saturated heterocycles. The van der Waals surface area contributed by atoms with Crippen LogP contribution < -0.4 is 5.43 Å². The second kappa shape index (κ2) is 5.41. The van der Waals surface area contributed by atoms with Crippen molar-refractivity contribution >= 4 is 16.7 Å². The number of rotatable bonds is 2. The summed E-state index contributed by atoms with van der Waals surface area (Å²) in [6.07, 6.45) is 3.83. The van der Waals surface area contributed by atoms with Crippen molar-refractivity contribution in [1.29, 1.82) is 0 Å². The van der Waals surface area contributed by atoms with Gasteiger partial charge in [0, 0.05) is 17.5 Å². The number of benzene rings is 1. The Labute approximate surface area is 121 Å². The van der Waals surface area contributed by atoms with Crippen molar-refractivity contribution in [2.24, 2.45) is 0 Å². The van der Waals surface area contributed by atoms with Gasteiger partial charge in [-0.15, -0.1) is 0 Å². The molecule has 1 aromatic carbocycles. The smallest absolute Gasteiger partial charge is 0.144 e. The number of pyridine rings is 1. The Balaban J connectivity index is 1.91. The molecule has 20 heavy (non-hydrogen) atoms. The number of fused-ring (bicyclic) bond motifs is 1. The highest BCUT2D eigenvalue weighted by molar-refractivity contribution is 5.81. The highest BCUT2D eigenvalue weighted by Crippen LogP contribution is 2.25. The van der Waals surface area contributed by atoms with Gasteiger partial charge in [0.1, 0.15) is 5.82 Å². The van der Waals surface area contributed by atoms with E-state index in [0.717, 1.165) is 11.3 Å². The molecule has 0 aliphatic carbocycles. The van der Waals surface area contributed by atoms with Crippen LogP contribution in [-0.2, 0) is 0 Å². The molecule has 2 heterocycles. The molecule has 0 spiro atoms. The fourth-order valence-corrected chi connectivity index (χ4v) is 3.10. The summed E-state index contributed by atoms with van der Waals surface area (Å²) in [6, 6.07) is 11.6. The summed E-state index contributed by atoms with van der Waals surface area (Å²) in [5.74, 6) is 0.990. The molecule has 2 unspecified atom stereocenters. The van der Waals surface area contributed by atoms with E-state index < -0.39 is 0 Å². The molecule has 106 valence electrons. The Morgan fingerprint density at radius 2 is 1.85 bits per heavy atom. The number of hydrogen-bond acceptors (Lipinski definition) is 3. The number of nitrogens with one attached hydrogen (secondary N) is 1. The Hall–Kier alpha value is -1.61. The van der Waals surface area contributed by atoms with Crippen LogP contribution in [0.5, 0.6) is 0 Å². The van der Waals surface area contributed by atoms with Gasteiger partial charge in [0.25, 0.3) is 0 Å². The van der Waals surface area contributed by atoms with Gasteiger partial charge in [0.05, 0.1) is 5.52 Å². The van der Waals surface area contributed by atoms with Crippen LogP contribution in [0.2, 0.25) is 0 Å². The molecule has 0 bridgehead atoms. The van der Waals surface area contributed by atoms with Gasteiger partial charge < -0.3 is 5.43 Å². The van der Waals surface area contributed by atoms with Gasteiger partial charge in [-0.25, -0.2) is 9.99 Å². The monoisotopic (exact) mass is 269 g/mol. The zero-order valence-corrected chi connectivity index (χ0v) is 12.6. The molecule has 3 nitrogen and oxygen atoms in total. The number of piperidine rings is 1. The molecule has 0 saturated carbocycles. The lowest BCUT2D eigenvalue weighted by Gasteiger charge is -2.39. The molecule has 1 N–H and O–H groups in total. The Morgan fingerprint density at radius 1 is 1.15 bits per heavy atom. The van der Waals surface area contributed by atoms with Crippen molar-refractivity contribution in [1.82, 2.24) is 9.99 Å². The predicted octanol–water partition coefficient (Wildman–Crippen LogP) is 4.13. The maximum absolute atomic E-state index is 4.78. The lowest BCUT2D eigenvalue weighted by Crippen LogP contribution is -2.47. The van der Waals surface area contributed by atoms with Crippen LogP contribution in [0.15, 0.2) is 30.3 Å². The molecule has 0 radical (unpaired) electrons. The van der Waals surface area contributed by atoms with Crippen LogP contribution in [0, 0.1) is 6.92 Å². The molecule has 3 rings (SSSR count). The third kappa shape index (κ3) is 2.50. The van der Waals surface area contributed by atoms with E-state index in [9.17, 15) is 0 Å². The van der Waals surface area contributed by atoms with Gasteiger partial charge >= 0.3 is 0 Å². The summed E-state index contributed by atoms with van der Waals surface area (Å²) in [5, 5.41) is 3.57. The molecular weight excluding hydrogens is 246 g/mol. The number of aryl methyl sites for hydroxylation is 1. The Morgan fingerprint density at radius 3 is 2.60 bits per heavy atom. The van der Waals surface area contributed by atoms with Crippen LogP contribution in [0.25, 0.3) is 10.9 Å². The van der Waals surface area contributed by atoms with Crippen molar-refractivity contribution in [3.8, 4) is 0 Å². The zero-order valence-electron chi connectivity index (χ0n) is 12.6. The maximum Gasteiger partial charge on any atom is 0.144 e. The summed E-state index contributed by atoms with van der Waals surface area (Å²) in [7, 11) is 0. The summed E-state index contributed by atoms with van der Waals surface area (Å²) in [4.78, 5) is 4.78. The number of nitrogens with zero attached hydrogens (tertiary/aromatic N) is 2. The zero-order chi connectivity index (χ0) is 14.1. The van der Waals surface area contributed by atoms with Crippen LogP contribution in [0.3, 0.4) is 0 Å². The van der Waals surface area contributed by atoms with Crippen LogP contribution in [0.4, 0.5) is 5.82 Å². The lowest BCUT2D eigenvalue weighted by molar-refractivity contribution is 0.135. The van der Waals surface area contributed by atoms with E-state index in [1.165, 1.54) is 30.2 Å². The third-order valence-electron chi connectivity index (χ3n) is 4.34. The van der Waals surface area contributed by atoms with Gasteiger partial charge in [-0.3, -0.25) is 0 Å². The minimum Gasteiger partial charge on any atom is -0.302 e. The van der Waals surface area contributed by atoms with Crippen molar-refractivity contribution in [2.45, 2.75) is 52.1 Å². The van der Waals surface area contributed by atoms with E-state index in [1.54, 1.807) is 0 Å². The molecule has 2 atom stereocenters. The number of hydrogen-bond donors (Lipinski definition) is 1. The average Bonchev–Trinajstić information content (AvgIpc) is 2.43. The molecule has 1 aliphatic rings. The first-order chi connectivity index (χ1) is 9.65. The number of para-hydroxylation sites is 1. The average molecular weight is 269 g/mol. The second-order valence-corrected chi connectivity index (χ2v) is 5.99. The predicted molar refractivity (Wildman–Crippen MR) is 84.7 cm³/mol.